The van der Waals surface area contributed by atoms with Gasteiger partial charge in [-0.25, -0.2) is 8.42 Å². The molecule has 0 saturated carbocycles. The summed E-state index contributed by atoms with van der Waals surface area (Å²) in [6, 6.07) is 7.03. The van der Waals surface area contributed by atoms with Gasteiger partial charge in [0.2, 0.25) is 15.9 Å². The van der Waals surface area contributed by atoms with E-state index in [1.807, 2.05) is 16.8 Å². The average molecular weight is 435 g/mol. The number of benzene rings is 1. The van der Waals surface area contributed by atoms with Gasteiger partial charge in [-0.2, -0.15) is 4.31 Å². The van der Waals surface area contributed by atoms with Crippen LogP contribution in [0.3, 0.4) is 0 Å². The average Bonchev–Trinajstić information content (AvgIpc) is 3.17. The lowest BCUT2D eigenvalue weighted by atomic mass is 10.2. The van der Waals surface area contributed by atoms with E-state index in [0.29, 0.717) is 24.5 Å². The third-order valence-electron chi connectivity index (χ3n) is 5.86. The first kappa shape index (κ1) is 21.3. The van der Waals surface area contributed by atoms with Gasteiger partial charge in [0.1, 0.15) is 6.54 Å². The number of amides is 1. The number of hydrogen-bond donors (Lipinski definition) is 1. The zero-order valence-electron chi connectivity index (χ0n) is 17.3. The number of ether oxygens (including phenoxy) is 1. The van der Waals surface area contributed by atoms with Crippen molar-refractivity contribution in [2.75, 3.05) is 52.5 Å². The number of rotatable bonds is 7. The van der Waals surface area contributed by atoms with Crippen LogP contribution in [0.4, 0.5) is 0 Å². The Kier molecular flexibility index (Phi) is 6.72. The molecule has 2 fully saturated rings. The van der Waals surface area contributed by atoms with Crippen LogP contribution >= 0.6 is 0 Å². The maximum Gasteiger partial charge on any atom is 0.243 e. The molecule has 1 N–H and O–H groups in total. The number of carbonyl (C=O) groups excluding carboxylic acids is 1. The molecule has 2 saturated heterocycles. The molecule has 0 atom stereocenters. The zero-order chi connectivity index (χ0) is 21.0. The van der Waals surface area contributed by atoms with E-state index in [4.69, 9.17) is 4.74 Å². The second kappa shape index (κ2) is 9.47. The molecule has 0 spiro atoms. The maximum absolute atomic E-state index is 12.9. The summed E-state index contributed by atoms with van der Waals surface area (Å²) < 4.78 is 34.6. The summed E-state index contributed by atoms with van der Waals surface area (Å²) in [6.45, 7) is 6.12. The van der Waals surface area contributed by atoms with Crippen LogP contribution in [0.25, 0.3) is 10.9 Å². The molecule has 2 aromatic rings. The first-order valence-electron chi connectivity index (χ1n) is 10.7. The van der Waals surface area contributed by atoms with Gasteiger partial charge >= 0.3 is 0 Å². The summed E-state index contributed by atoms with van der Waals surface area (Å²) in [6.07, 6.45) is 4.75. The number of nitrogens with zero attached hydrogens (tertiary/aromatic N) is 3. The number of sulfonamides is 1. The van der Waals surface area contributed by atoms with E-state index in [1.54, 1.807) is 22.5 Å². The normalized spacial score (nSPS) is 19.2. The van der Waals surface area contributed by atoms with Gasteiger partial charge in [0, 0.05) is 56.4 Å². The summed E-state index contributed by atoms with van der Waals surface area (Å²) in [5.74, 6) is -0.0502. The van der Waals surface area contributed by atoms with Gasteiger partial charge in [-0.1, -0.05) is 6.42 Å². The molecule has 164 valence electrons. The number of fused-ring (bicyclic) bond motifs is 1. The molecular weight excluding hydrogens is 404 g/mol. The van der Waals surface area contributed by atoms with E-state index in [1.165, 1.54) is 0 Å². The fraction of sp³-hybridized carbons (Fsp3) is 0.571. The van der Waals surface area contributed by atoms with E-state index >= 15 is 0 Å². The molecule has 0 bridgehead atoms. The van der Waals surface area contributed by atoms with Crippen molar-refractivity contribution in [3.05, 3.63) is 30.5 Å². The van der Waals surface area contributed by atoms with Crippen LogP contribution in [0.5, 0.6) is 0 Å². The molecule has 1 amide bonds. The van der Waals surface area contributed by atoms with Gasteiger partial charge in [-0.05, 0) is 37.1 Å². The summed E-state index contributed by atoms with van der Waals surface area (Å²) in [5, 5.41) is 3.79. The molecule has 1 aromatic carbocycles. The van der Waals surface area contributed by atoms with Gasteiger partial charge in [0.15, 0.2) is 0 Å². The van der Waals surface area contributed by atoms with Gasteiger partial charge < -0.3 is 14.6 Å². The summed E-state index contributed by atoms with van der Waals surface area (Å²) >= 11 is 0. The summed E-state index contributed by atoms with van der Waals surface area (Å²) in [4.78, 5) is 15.0. The standard InChI is InChI=1S/C21H30N4O4S/c26-21(22-7-11-23-12-14-29-15-13-23)17-24-10-6-18-16-19(4-5-20(18)24)30(27,28)25-8-2-1-3-9-25/h4-6,10,16H,1-3,7-9,11-15,17H2,(H,22,26). The molecule has 2 aliphatic heterocycles. The van der Waals surface area contributed by atoms with Crippen molar-refractivity contribution >= 4 is 26.8 Å². The fourth-order valence-corrected chi connectivity index (χ4v) is 5.67. The molecule has 3 heterocycles. The molecule has 2 aliphatic rings. The Morgan fingerprint density at radius 1 is 1.03 bits per heavy atom. The van der Waals surface area contributed by atoms with Crippen LogP contribution in [-0.4, -0.2) is 80.6 Å². The van der Waals surface area contributed by atoms with Crippen LogP contribution in [0.15, 0.2) is 35.4 Å². The van der Waals surface area contributed by atoms with Crippen molar-refractivity contribution in [1.82, 2.24) is 19.1 Å². The molecular formula is C21H30N4O4S. The SMILES string of the molecule is O=C(Cn1ccc2cc(S(=O)(=O)N3CCCCC3)ccc21)NCCN1CCOCC1. The third-order valence-corrected chi connectivity index (χ3v) is 7.76. The molecule has 0 radical (unpaired) electrons. The molecule has 1 aromatic heterocycles. The minimum Gasteiger partial charge on any atom is -0.379 e. The van der Waals surface area contributed by atoms with Crippen LogP contribution in [0.1, 0.15) is 19.3 Å². The molecule has 8 nitrogen and oxygen atoms in total. The lowest BCUT2D eigenvalue weighted by molar-refractivity contribution is -0.121. The summed E-state index contributed by atoms with van der Waals surface area (Å²) in [5.41, 5.74) is 0.857. The number of carbonyl (C=O) groups is 1. The van der Waals surface area contributed by atoms with Crippen molar-refractivity contribution in [1.29, 1.82) is 0 Å². The molecule has 30 heavy (non-hydrogen) atoms. The minimum atomic E-state index is -3.46. The first-order valence-corrected chi connectivity index (χ1v) is 12.1. The fourth-order valence-electron chi connectivity index (χ4n) is 4.12. The molecule has 0 aliphatic carbocycles. The van der Waals surface area contributed by atoms with Crippen molar-refractivity contribution in [3.8, 4) is 0 Å². The van der Waals surface area contributed by atoms with Crippen molar-refractivity contribution in [2.24, 2.45) is 0 Å². The van der Waals surface area contributed by atoms with Crippen molar-refractivity contribution < 1.29 is 17.9 Å². The van der Waals surface area contributed by atoms with Crippen LogP contribution < -0.4 is 5.32 Å². The highest BCUT2D eigenvalue weighted by atomic mass is 32.2. The third kappa shape index (κ3) is 4.85. The molecule has 0 unspecified atom stereocenters. The second-order valence-electron chi connectivity index (χ2n) is 7.93. The number of hydrogen-bond acceptors (Lipinski definition) is 5. The predicted molar refractivity (Wildman–Crippen MR) is 115 cm³/mol. The Morgan fingerprint density at radius 3 is 2.57 bits per heavy atom. The van der Waals surface area contributed by atoms with Crippen LogP contribution in [0.2, 0.25) is 0 Å². The maximum atomic E-state index is 12.9. The molecule has 4 rings (SSSR count). The Hall–Kier alpha value is -1.94. The quantitative estimate of drug-likeness (QED) is 0.709. The number of nitrogens with one attached hydrogen (secondary N) is 1. The van der Waals surface area contributed by atoms with E-state index in [-0.39, 0.29) is 12.5 Å². The Balaban J connectivity index is 1.38. The Morgan fingerprint density at radius 2 is 1.80 bits per heavy atom. The molecule has 9 heteroatoms. The van der Waals surface area contributed by atoms with Gasteiger partial charge in [-0.3, -0.25) is 9.69 Å². The highest BCUT2D eigenvalue weighted by Gasteiger charge is 2.26. The highest BCUT2D eigenvalue weighted by molar-refractivity contribution is 7.89. The number of piperidine rings is 1. The highest BCUT2D eigenvalue weighted by Crippen LogP contribution is 2.25. The lowest BCUT2D eigenvalue weighted by Crippen LogP contribution is -2.41. The van der Waals surface area contributed by atoms with Crippen molar-refractivity contribution in [2.45, 2.75) is 30.7 Å². The van der Waals surface area contributed by atoms with E-state index in [9.17, 15) is 13.2 Å². The van der Waals surface area contributed by atoms with Crippen LogP contribution in [-0.2, 0) is 26.1 Å². The Bertz CT molecular complexity index is 976. The van der Waals surface area contributed by atoms with Gasteiger partial charge in [0.05, 0.1) is 18.1 Å². The van der Waals surface area contributed by atoms with E-state index in [2.05, 4.69) is 10.2 Å². The first-order chi connectivity index (χ1) is 14.5. The largest absolute Gasteiger partial charge is 0.379 e. The number of morpholine rings is 1. The zero-order valence-corrected chi connectivity index (χ0v) is 18.1. The summed E-state index contributed by atoms with van der Waals surface area (Å²) in [7, 11) is -3.46. The van der Waals surface area contributed by atoms with E-state index in [0.717, 1.165) is 63.0 Å². The second-order valence-corrected chi connectivity index (χ2v) is 9.87. The number of aromatic nitrogens is 1. The predicted octanol–water partition coefficient (Wildman–Crippen LogP) is 1.26. The monoisotopic (exact) mass is 434 g/mol. The Labute approximate surface area is 177 Å². The van der Waals surface area contributed by atoms with Gasteiger partial charge in [0.25, 0.3) is 0 Å². The van der Waals surface area contributed by atoms with Crippen molar-refractivity contribution in [3.63, 3.8) is 0 Å². The topological polar surface area (TPSA) is 83.9 Å². The smallest absolute Gasteiger partial charge is 0.243 e. The van der Waals surface area contributed by atoms with E-state index < -0.39 is 10.0 Å². The van der Waals surface area contributed by atoms with Gasteiger partial charge in [-0.15, -0.1) is 0 Å². The van der Waals surface area contributed by atoms with Crippen LogP contribution in [0, 0.1) is 0 Å². The lowest BCUT2D eigenvalue weighted by Gasteiger charge is -2.26. The minimum absolute atomic E-state index is 0.0502.